The highest BCUT2D eigenvalue weighted by molar-refractivity contribution is 5.84. The molecule has 80 valence electrons. The molecule has 0 amide bonds. The number of pyridine rings is 1. The van der Waals surface area contributed by atoms with Crippen LogP contribution >= 0.6 is 0 Å². The van der Waals surface area contributed by atoms with Gasteiger partial charge in [0.2, 0.25) is 0 Å². The van der Waals surface area contributed by atoms with Crippen LogP contribution in [0.25, 0.3) is 10.9 Å². The minimum Gasteiger partial charge on any atom is -0.495 e. The summed E-state index contributed by atoms with van der Waals surface area (Å²) in [5, 5.41) is 9.29. The second kappa shape index (κ2) is 4.07. The number of nitrogens with zero attached hydrogens (tertiary/aromatic N) is 2. The van der Waals surface area contributed by atoms with E-state index in [4.69, 9.17) is 10.00 Å². The van der Waals surface area contributed by atoms with Crippen LogP contribution in [-0.2, 0) is 6.54 Å². The van der Waals surface area contributed by atoms with Gasteiger partial charge in [-0.2, -0.15) is 5.26 Å². The van der Waals surface area contributed by atoms with Gasteiger partial charge in [0, 0.05) is 17.6 Å². The number of aromatic nitrogens is 1. The number of methoxy groups -OCH3 is 1. The Kier molecular flexibility index (Phi) is 2.61. The Bertz CT molecular complexity index is 623. The number of hydrogen-bond donors (Lipinski definition) is 0. The molecule has 1 aromatic heterocycles. The number of rotatable bonds is 2. The summed E-state index contributed by atoms with van der Waals surface area (Å²) in [6.07, 6.45) is 1.61. The largest absolute Gasteiger partial charge is 0.495 e. The van der Waals surface area contributed by atoms with Crippen LogP contribution < -0.4 is 10.2 Å². The van der Waals surface area contributed by atoms with Crippen molar-refractivity contribution in [2.75, 3.05) is 7.11 Å². The molecule has 0 aliphatic rings. The number of benzene rings is 1. The van der Waals surface area contributed by atoms with E-state index in [2.05, 4.69) is 6.07 Å². The van der Waals surface area contributed by atoms with Crippen molar-refractivity contribution in [3.05, 3.63) is 40.7 Å². The average Bonchev–Trinajstić information content (AvgIpc) is 2.32. The maximum absolute atomic E-state index is 11.7. The summed E-state index contributed by atoms with van der Waals surface area (Å²) < 4.78 is 6.90. The summed E-state index contributed by atoms with van der Waals surface area (Å²) in [6.45, 7) is 0.192. The first-order valence-electron chi connectivity index (χ1n) is 4.81. The molecule has 0 N–H and O–H groups in total. The number of hydrogen-bond acceptors (Lipinski definition) is 3. The van der Waals surface area contributed by atoms with E-state index >= 15 is 0 Å². The molecule has 0 fully saturated rings. The molecule has 0 aliphatic heterocycles. The predicted molar refractivity (Wildman–Crippen MR) is 60.4 cm³/mol. The van der Waals surface area contributed by atoms with Crippen molar-refractivity contribution in [2.45, 2.75) is 6.54 Å². The highest BCUT2D eigenvalue weighted by atomic mass is 16.5. The molecule has 2 rings (SSSR count). The molecule has 1 aromatic carbocycles. The first kappa shape index (κ1) is 10.2. The van der Waals surface area contributed by atoms with E-state index in [-0.39, 0.29) is 12.0 Å². The third-order valence-corrected chi connectivity index (χ3v) is 2.42. The van der Waals surface area contributed by atoms with Gasteiger partial charge in [-0.05, 0) is 12.1 Å². The number of fused-ring (bicyclic) bond motifs is 1. The van der Waals surface area contributed by atoms with Crippen LogP contribution in [0.1, 0.15) is 0 Å². The van der Waals surface area contributed by atoms with Crippen molar-refractivity contribution in [1.29, 1.82) is 5.26 Å². The molecule has 4 nitrogen and oxygen atoms in total. The second-order valence-corrected chi connectivity index (χ2v) is 3.32. The fourth-order valence-corrected chi connectivity index (χ4v) is 1.71. The minimum absolute atomic E-state index is 0.0666. The van der Waals surface area contributed by atoms with E-state index in [1.807, 2.05) is 0 Å². The number of nitriles is 1. The molecule has 0 aliphatic carbocycles. The number of ether oxygens (including phenoxy) is 1. The SMILES string of the molecule is COc1cccc2c(=O)ccn(CC#N)c12. The quantitative estimate of drug-likeness (QED) is 0.761. The fourth-order valence-electron chi connectivity index (χ4n) is 1.71. The van der Waals surface area contributed by atoms with Gasteiger partial charge in [-0.1, -0.05) is 6.07 Å². The van der Waals surface area contributed by atoms with E-state index in [0.29, 0.717) is 16.7 Å². The Morgan fingerprint density at radius 1 is 1.44 bits per heavy atom. The number of para-hydroxylation sites is 1. The molecule has 0 saturated carbocycles. The van der Waals surface area contributed by atoms with Gasteiger partial charge >= 0.3 is 0 Å². The van der Waals surface area contributed by atoms with E-state index < -0.39 is 0 Å². The Morgan fingerprint density at radius 2 is 2.25 bits per heavy atom. The lowest BCUT2D eigenvalue weighted by atomic mass is 10.2. The molecule has 2 aromatic rings. The lowest BCUT2D eigenvalue weighted by molar-refractivity contribution is 0.417. The molecule has 0 saturated heterocycles. The monoisotopic (exact) mass is 214 g/mol. The molecule has 0 bridgehead atoms. The fraction of sp³-hybridized carbons (Fsp3) is 0.167. The summed E-state index contributed by atoms with van der Waals surface area (Å²) in [4.78, 5) is 11.7. The summed E-state index contributed by atoms with van der Waals surface area (Å²) in [6, 6.07) is 8.78. The predicted octanol–water partition coefficient (Wildman–Crippen LogP) is 1.53. The molecular formula is C12H10N2O2. The van der Waals surface area contributed by atoms with E-state index in [9.17, 15) is 4.79 Å². The zero-order valence-electron chi connectivity index (χ0n) is 8.80. The van der Waals surface area contributed by atoms with E-state index in [1.54, 1.807) is 36.1 Å². The van der Waals surface area contributed by atoms with Crippen molar-refractivity contribution in [3.8, 4) is 11.8 Å². The first-order valence-corrected chi connectivity index (χ1v) is 4.81. The average molecular weight is 214 g/mol. The molecule has 0 atom stereocenters. The van der Waals surface area contributed by atoms with Crippen LogP contribution in [0, 0.1) is 11.3 Å². The highest BCUT2D eigenvalue weighted by Gasteiger charge is 2.07. The van der Waals surface area contributed by atoms with E-state index in [0.717, 1.165) is 0 Å². The van der Waals surface area contributed by atoms with Gasteiger partial charge in [0.25, 0.3) is 0 Å². The summed E-state index contributed by atoms with van der Waals surface area (Å²) >= 11 is 0. The van der Waals surface area contributed by atoms with Crippen LogP contribution in [0.15, 0.2) is 35.3 Å². The topological polar surface area (TPSA) is 55.0 Å². The summed E-state index contributed by atoms with van der Waals surface area (Å²) in [5.41, 5.74) is 0.599. The molecule has 1 heterocycles. The molecule has 16 heavy (non-hydrogen) atoms. The van der Waals surface area contributed by atoms with Crippen LogP contribution in [0.3, 0.4) is 0 Å². The third-order valence-electron chi connectivity index (χ3n) is 2.42. The summed E-state index contributed by atoms with van der Waals surface area (Å²) in [5.74, 6) is 0.602. The minimum atomic E-state index is -0.0666. The lowest BCUT2D eigenvalue weighted by Crippen LogP contribution is -2.08. The van der Waals surface area contributed by atoms with Crippen molar-refractivity contribution < 1.29 is 4.74 Å². The molecule has 4 heteroatoms. The standard InChI is InChI=1S/C12H10N2O2/c1-16-11-4-2-3-9-10(15)5-7-14(8-6-13)12(9)11/h2-5,7H,8H2,1H3. The zero-order valence-corrected chi connectivity index (χ0v) is 8.80. The van der Waals surface area contributed by atoms with E-state index in [1.165, 1.54) is 6.07 Å². The Labute approximate surface area is 92.3 Å². The van der Waals surface area contributed by atoms with Crippen LogP contribution in [0.4, 0.5) is 0 Å². The Morgan fingerprint density at radius 3 is 2.94 bits per heavy atom. The molecule has 0 unspecified atom stereocenters. The normalized spacial score (nSPS) is 10.0. The van der Waals surface area contributed by atoms with Crippen molar-refractivity contribution in [3.63, 3.8) is 0 Å². The summed E-state index contributed by atoms with van der Waals surface area (Å²) in [7, 11) is 1.54. The van der Waals surface area contributed by atoms with Gasteiger partial charge in [0.1, 0.15) is 12.3 Å². The molecule has 0 radical (unpaired) electrons. The van der Waals surface area contributed by atoms with Gasteiger partial charge < -0.3 is 9.30 Å². The highest BCUT2D eigenvalue weighted by Crippen LogP contribution is 2.22. The zero-order chi connectivity index (χ0) is 11.5. The van der Waals surface area contributed by atoms with Gasteiger partial charge in [0.05, 0.1) is 18.7 Å². The maximum atomic E-state index is 11.7. The van der Waals surface area contributed by atoms with Gasteiger partial charge in [0.15, 0.2) is 5.43 Å². The third kappa shape index (κ3) is 1.52. The van der Waals surface area contributed by atoms with Crippen molar-refractivity contribution in [1.82, 2.24) is 4.57 Å². The van der Waals surface area contributed by atoms with Gasteiger partial charge in [-0.15, -0.1) is 0 Å². The van der Waals surface area contributed by atoms with Crippen LogP contribution in [0.5, 0.6) is 5.75 Å². The van der Waals surface area contributed by atoms with Crippen LogP contribution in [-0.4, -0.2) is 11.7 Å². The smallest absolute Gasteiger partial charge is 0.189 e. The molecule has 0 spiro atoms. The van der Waals surface area contributed by atoms with Gasteiger partial charge in [-0.3, -0.25) is 4.79 Å². The molecular weight excluding hydrogens is 204 g/mol. The second-order valence-electron chi connectivity index (χ2n) is 3.32. The van der Waals surface area contributed by atoms with Crippen molar-refractivity contribution in [2.24, 2.45) is 0 Å². The van der Waals surface area contributed by atoms with Gasteiger partial charge in [-0.25, -0.2) is 0 Å². The van der Waals surface area contributed by atoms with Crippen molar-refractivity contribution >= 4 is 10.9 Å². The Balaban J connectivity index is 2.89. The van der Waals surface area contributed by atoms with Crippen LogP contribution in [0.2, 0.25) is 0 Å². The lowest BCUT2D eigenvalue weighted by Gasteiger charge is -2.10. The first-order chi connectivity index (χ1) is 7.77. The Hall–Kier alpha value is -2.28. The maximum Gasteiger partial charge on any atom is 0.189 e.